The van der Waals surface area contributed by atoms with Crippen LogP contribution < -0.4 is 21.3 Å². The number of carbonyl (C=O) groups is 2. The first-order valence-corrected chi connectivity index (χ1v) is 10.5. The van der Waals surface area contributed by atoms with Gasteiger partial charge in [-0.2, -0.15) is 9.78 Å². The summed E-state index contributed by atoms with van der Waals surface area (Å²) in [6.45, 7) is 2.01. The molecule has 168 valence electrons. The lowest BCUT2D eigenvalue weighted by atomic mass is 9.95. The summed E-state index contributed by atoms with van der Waals surface area (Å²) in [6.07, 6.45) is 0.755. The number of amides is 1. The summed E-state index contributed by atoms with van der Waals surface area (Å²) in [7, 11) is 0. The molecule has 2 unspecified atom stereocenters. The van der Waals surface area contributed by atoms with Crippen LogP contribution in [0.15, 0.2) is 39.9 Å². The first kappa shape index (κ1) is 21.2. The molecule has 3 N–H and O–H groups in total. The Balaban J connectivity index is 1.51. The van der Waals surface area contributed by atoms with Crippen molar-refractivity contribution in [3.63, 3.8) is 0 Å². The van der Waals surface area contributed by atoms with E-state index in [1.807, 2.05) is 11.9 Å². The van der Waals surface area contributed by atoms with Gasteiger partial charge in [0.2, 0.25) is 11.6 Å². The molecule has 2 atom stereocenters. The highest BCUT2D eigenvalue weighted by Crippen LogP contribution is 2.60. The molecule has 1 aromatic heterocycles. The molecule has 0 bridgehead atoms. The third-order valence-corrected chi connectivity index (χ3v) is 6.47. The second-order valence-corrected chi connectivity index (χ2v) is 8.72. The van der Waals surface area contributed by atoms with E-state index in [9.17, 15) is 19.2 Å². The second-order valence-electron chi connectivity index (χ2n) is 7.90. The highest BCUT2D eigenvalue weighted by atomic mass is 35.5. The van der Waals surface area contributed by atoms with E-state index in [1.54, 1.807) is 18.2 Å². The van der Waals surface area contributed by atoms with Crippen LogP contribution in [0.3, 0.4) is 0 Å². The maximum atomic E-state index is 12.4. The summed E-state index contributed by atoms with van der Waals surface area (Å²) >= 11 is 12.7. The number of ether oxygens (including phenoxy) is 1. The van der Waals surface area contributed by atoms with Crippen LogP contribution in [0.25, 0.3) is 5.69 Å². The van der Waals surface area contributed by atoms with E-state index in [4.69, 9.17) is 33.0 Å². The van der Waals surface area contributed by atoms with Gasteiger partial charge in [0, 0.05) is 5.69 Å². The smallest absolute Gasteiger partial charge is 0.362 e. The fourth-order valence-electron chi connectivity index (χ4n) is 4.14. The summed E-state index contributed by atoms with van der Waals surface area (Å²) in [6, 6.07) is 7.77. The Bertz CT molecular complexity index is 1470. The van der Waals surface area contributed by atoms with E-state index in [0.29, 0.717) is 10.4 Å². The fraction of sp³-hybridized carbons (Fsp3) is 0.190. The van der Waals surface area contributed by atoms with E-state index in [-0.39, 0.29) is 33.3 Å². The number of nitrogens with zero attached hydrogens (tertiary/aromatic N) is 2. The maximum absolute atomic E-state index is 12.4. The van der Waals surface area contributed by atoms with Crippen molar-refractivity contribution in [2.24, 2.45) is 5.92 Å². The van der Waals surface area contributed by atoms with Crippen molar-refractivity contribution < 1.29 is 19.4 Å². The predicted molar refractivity (Wildman–Crippen MR) is 118 cm³/mol. The largest absolute Gasteiger partial charge is 0.476 e. The molecule has 10 nitrogen and oxygen atoms in total. The lowest BCUT2D eigenvalue weighted by Gasteiger charge is -2.14. The van der Waals surface area contributed by atoms with Crippen LogP contribution in [-0.2, 0) is 10.2 Å². The van der Waals surface area contributed by atoms with Crippen molar-refractivity contribution in [2.45, 2.75) is 18.8 Å². The van der Waals surface area contributed by atoms with Gasteiger partial charge in [-0.25, -0.2) is 9.59 Å². The summed E-state index contributed by atoms with van der Waals surface area (Å²) in [4.78, 5) is 49.2. The van der Waals surface area contributed by atoms with Crippen molar-refractivity contribution in [1.29, 1.82) is 0 Å². The van der Waals surface area contributed by atoms with Crippen LogP contribution in [-0.4, -0.2) is 31.7 Å². The molecule has 2 heterocycles. The number of anilines is 1. The van der Waals surface area contributed by atoms with E-state index in [1.165, 1.54) is 12.1 Å². The van der Waals surface area contributed by atoms with Gasteiger partial charge in [-0.15, -0.1) is 0 Å². The maximum Gasteiger partial charge on any atom is 0.362 e. The number of hydrogen-bond acceptors (Lipinski definition) is 6. The number of hydrogen-bond donors (Lipinski definition) is 3. The summed E-state index contributed by atoms with van der Waals surface area (Å²) in [5.74, 6) is -0.906. The molecule has 1 fully saturated rings. The molecule has 1 aliphatic carbocycles. The standard InChI is InChI=1S/C21H14Cl2N4O6/c1-8-7-21(8)11-6-10(2-3-14(11)24-19(21)31)33-16-12(22)4-9(5-13(16)23)27-20(32)25-17(28)15(26-27)18(29)30/h2-6,8H,7H2,1H3,(H,24,31)(H,29,30)(H,25,28,32). The average molecular weight is 489 g/mol. The molecule has 1 saturated carbocycles. The van der Waals surface area contributed by atoms with Gasteiger partial charge in [0.1, 0.15) is 5.75 Å². The molecule has 1 amide bonds. The van der Waals surface area contributed by atoms with Crippen LogP contribution in [0.4, 0.5) is 5.69 Å². The number of aromatic carboxylic acids is 1. The molecule has 5 rings (SSSR count). The number of carboxylic acid groups (broad SMARTS) is 1. The van der Waals surface area contributed by atoms with E-state index in [0.717, 1.165) is 17.7 Å². The third-order valence-electron chi connectivity index (χ3n) is 5.91. The molecular formula is C21H14Cl2N4O6. The van der Waals surface area contributed by atoms with Crippen molar-refractivity contribution in [3.8, 4) is 17.2 Å². The molecular weight excluding hydrogens is 475 g/mol. The molecule has 2 aliphatic rings. The second kappa shape index (κ2) is 7.19. The zero-order valence-electron chi connectivity index (χ0n) is 16.8. The fourth-order valence-corrected chi connectivity index (χ4v) is 4.69. The molecule has 1 aliphatic heterocycles. The molecule has 12 heteroatoms. The number of carboxylic acids is 1. The topological polar surface area (TPSA) is 143 Å². The highest BCUT2D eigenvalue weighted by molar-refractivity contribution is 6.37. The highest BCUT2D eigenvalue weighted by Gasteiger charge is 2.62. The van der Waals surface area contributed by atoms with Crippen LogP contribution in [0.1, 0.15) is 29.4 Å². The third kappa shape index (κ3) is 3.21. The molecule has 0 saturated heterocycles. The molecule has 1 spiro atoms. The normalized spacial score (nSPS) is 20.5. The first-order chi connectivity index (χ1) is 15.6. The van der Waals surface area contributed by atoms with E-state index < -0.39 is 28.3 Å². The Morgan fingerprint density at radius 1 is 1.21 bits per heavy atom. The molecule has 2 aromatic carbocycles. The number of fused-ring (bicyclic) bond motifs is 2. The van der Waals surface area contributed by atoms with Gasteiger partial charge in [0.15, 0.2) is 5.75 Å². The number of aromatic amines is 1. The Kier molecular flexibility index (Phi) is 4.62. The minimum Gasteiger partial charge on any atom is -0.476 e. The number of nitrogens with one attached hydrogen (secondary N) is 2. The van der Waals surface area contributed by atoms with Gasteiger partial charge in [0.25, 0.3) is 5.56 Å². The number of aromatic nitrogens is 3. The quantitative estimate of drug-likeness (QED) is 0.511. The monoisotopic (exact) mass is 488 g/mol. The van der Waals surface area contributed by atoms with Crippen molar-refractivity contribution in [3.05, 3.63) is 72.5 Å². The Hall–Kier alpha value is -3.63. The van der Waals surface area contributed by atoms with E-state index >= 15 is 0 Å². The number of halogens is 2. The summed E-state index contributed by atoms with van der Waals surface area (Å²) < 4.78 is 6.56. The van der Waals surface area contributed by atoms with Crippen LogP contribution in [0, 0.1) is 5.92 Å². The van der Waals surface area contributed by atoms with Crippen molar-refractivity contribution >= 4 is 40.8 Å². The average Bonchev–Trinajstić information content (AvgIpc) is 3.34. The number of carbonyl (C=O) groups excluding carboxylic acids is 1. The Labute approximate surface area is 194 Å². The molecule has 3 aromatic rings. The Morgan fingerprint density at radius 3 is 2.48 bits per heavy atom. The lowest BCUT2D eigenvalue weighted by Crippen LogP contribution is -2.35. The minimum absolute atomic E-state index is 0.0125. The van der Waals surface area contributed by atoms with Gasteiger partial charge >= 0.3 is 11.7 Å². The molecule has 0 radical (unpaired) electrons. The van der Waals surface area contributed by atoms with Gasteiger partial charge < -0.3 is 15.2 Å². The number of rotatable bonds is 4. The van der Waals surface area contributed by atoms with Crippen molar-refractivity contribution in [2.75, 3.05) is 5.32 Å². The van der Waals surface area contributed by atoms with Gasteiger partial charge in [-0.1, -0.05) is 30.1 Å². The van der Waals surface area contributed by atoms with Gasteiger partial charge in [-0.3, -0.25) is 14.6 Å². The zero-order valence-corrected chi connectivity index (χ0v) is 18.3. The van der Waals surface area contributed by atoms with Gasteiger partial charge in [-0.05, 0) is 48.2 Å². The minimum atomic E-state index is -1.60. The van der Waals surface area contributed by atoms with Crippen LogP contribution in [0.5, 0.6) is 11.5 Å². The first-order valence-electron chi connectivity index (χ1n) is 9.72. The van der Waals surface area contributed by atoms with Crippen LogP contribution >= 0.6 is 23.2 Å². The van der Waals surface area contributed by atoms with Gasteiger partial charge in [0.05, 0.1) is 21.1 Å². The van der Waals surface area contributed by atoms with Crippen LogP contribution in [0.2, 0.25) is 10.0 Å². The number of H-pyrrole nitrogens is 1. The predicted octanol–water partition coefficient (Wildman–Crippen LogP) is 2.95. The Morgan fingerprint density at radius 2 is 1.88 bits per heavy atom. The lowest BCUT2D eigenvalue weighted by molar-refractivity contribution is -0.118. The van der Waals surface area contributed by atoms with Crippen molar-refractivity contribution in [1.82, 2.24) is 14.8 Å². The number of benzene rings is 2. The summed E-state index contributed by atoms with van der Waals surface area (Å²) in [5, 5.41) is 15.6. The SMILES string of the molecule is CC1CC12C(=O)Nc1ccc(Oc3c(Cl)cc(-n4nc(C(=O)O)c(=O)[nH]c4=O)cc3Cl)cc12. The zero-order chi connectivity index (χ0) is 23.7. The van der Waals surface area contributed by atoms with E-state index in [2.05, 4.69) is 10.4 Å². The molecule has 33 heavy (non-hydrogen) atoms. The summed E-state index contributed by atoms with van der Waals surface area (Å²) in [5.41, 5.74) is -1.89.